The molecule has 2 amide bonds. The molecule has 1 saturated heterocycles. The minimum Gasteiger partial charge on any atom is -0.460 e. The third-order valence-electron chi connectivity index (χ3n) is 8.37. The lowest BCUT2D eigenvalue weighted by molar-refractivity contribution is -0.304. The van der Waals surface area contributed by atoms with Crippen molar-refractivity contribution in [3.8, 4) is 0 Å². The predicted octanol–water partition coefficient (Wildman–Crippen LogP) is 4.78. The van der Waals surface area contributed by atoms with Crippen LogP contribution in [-0.4, -0.2) is 55.0 Å². The molecule has 3 aliphatic rings. The van der Waals surface area contributed by atoms with Gasteiger partial charge in [-0.2, -0.15) is 0 Å². The Bertz CT molecular complexity index is 791. The van der Waals surface area contributed by atoms with Gasteiger partial charge in [-0.15, -0.1) is 0 Å². The summed E-state index contributed by atoms with van der Waals surface area (Å²) in [7, 11) is 0. The van der Waals surface area contributed by atoms with E-state index in [0.29, 0.717) is 6.61 Å². The normalized spacial score (nSPS) is 28.0. The summed E-state index contributed by atoms with van der Waals surface area (Å²) in [6.07, 6.45) is 11.4. The molecule has 212 valence electrons. The Labute approximate surface area is 223 Å². The van der Waals surface area contributed by atoms with E-state index in [1.165, 1.54) is 19.3 Å². The molecule has 3 unspecified atom stereocenters. The lowest BCUT2D eigenvalue weighted by atomic mass is 9.65. The van der Waals surface area contributed by atoms with Crippen molar-refractivity contribution in [2.75, 3.05) is 13.2 Å². The fourth-order valence-electron chi connectivity index (χ4n) is 5.74. The first kappa shape index (κ1) is 29.9. The Hall–Kier alpha value is -1.67. The smallest absolute Gasteiger partial charge is 0.307 e. The van der Waals surface area contributed by atoms with Crippen molar-refractivity contribution in [1.82, 2.24) is 10.6 Å². The van der Waals surface area contributed by atoms with Crippen molar-refractivity contribution in [1.29, 1.82) is 0 Å². The number of carbonyl (C=O) groups excluding carboxylic acids is 3. The Kier molecular flexibility index (Phi) is 10.4. The van der Waals surface area contributed by atoms with Crippen LogP contribution in [0.15, 0.2) is 0 Å². The van der Waals surface area contributed by atoms with Crippen molar-refractivity contribution < 1.29 is 28.6 Å². The van der Waals surface area contributed by atoms with Gasteiger partial charge in [-0.05, 0) is 52.4 Å². The number of hydrogen-bond acceptors (Lipinski definition) is 6. The fraction of sp³-hybridized carbons (Fsp3) is 0.897. The molecule has 2 N–H and O–H groups in total. The molecule has 8 heteroatoms. The quantitative estimate of drug-likeness (QED) is 0.282. The summed E-state index contributed by atoms with van der Waals surface area (Å²) in [4.78, 5) is 38.7. The van der Waals surface area contributed by atoms with Gasteiger partial charge >= 0.3 is 5.97 Å². The van der Waals surface area contributed by atoms with Gasteiger partial charge in [-0.1, -0.05) is 59.3 Å². The predicted molar refractivity (Wildman–Crippen MR) is 142 cm³/mol. The zero-order valence-electron chi connectivity index (χ0n) is 23.8. The summed E-state index contributed by atoms with van der Waals surface area (Å²) in [6, 6.07) is -0.133. The first-order chi connectivity index (χ1) is 17.5. The van der Waals surface area contributed by atoms with Crippen molar-refractivity contribution in [2.45, 2.75) is 142 Å². The highest BCUT2D eigenvalue weighted by atomic mass is 16.7. The van der Waals surface area contributed by atoms with E-state index in [2.05, 4.69) is 17.6 Å². The fourth-order valence-corrected chi connectivity index (χ4v) is 5.74. The van der Waals surface area contributed by atoms with Crippen molar-refractivity contribution in [3.63, 3.8) is 0 Å². The second kappa shape index (κ2) is 12.9. The summed E-state index contributed by atoms with van der Waals surface area (Å²) < 4.78 is 17.4. The van der Waals surface area contributed by atoms with Crippen LogP contribution in [0.1, 0.15) is 118 Å². The molecule has 37 heavy (non-hydrogen) atoms. The molecule has 0 aromatic heterocycles. The largest absolute Gasteiger partial charge is 0.460 e. The number of esters is 1. The van der Waals surface area contributed by atoms with E-state index in [1.54, 1.807) is 13.8 Å². The SMILES string of the molecule is CCCCCCC1(C(=O)NC2CCCCC2OC(=O)CCNC(=O)C2OC(C)(C)OCC2(C)C)CCC1. The third-order valence-corrected chi connectivity index (χ3v) is 8.37. The molecule has 2 aliphatic carbocycles. The molecule has 0 aromatic rings. The zero-order valence-corrected chi connectivity index (χ0v) is 23.8. The van der Waals surface area contributed by atoms with Gasteiger partial charge in [0.05, 0.1) is 19.1 Å². The standard InChI is InChI=1S/C29H50N2O6/c1-6-7-8-11-16-29(17-12-18-29)26(34)31-21-13-9-10-14-22(21)36-23(32)15-19-30-25(33)24-27(2,3)20-35-28(4,5)37-24/h21-22,24H,6-20H2,1-5H3,(H,30,33)(H,31,34). The zero-order chi connectivity index (χ0) is 27.1. The van der Waals surface area contributed by atoms with E-state index >= 15 is 0 Å². The average molecular weight is 523 g/mol. The van der Waals surface area contributed by atoms with E-state index in [4.69, 9.17) is 14.2 Å². The van der Waals surface area contributed by atoms with Crippen LogP contribution in [0.5, 0.6) is 0 Å². The van der Waals surface area contributed by atoms with Gasteiger partial charge in [0.15, 0.2) is 5.79 Å². The molecule has 0 spiro atoms. The van der Waals surface area contributed by atoms with Crippen LogP contribution in [0.4, 0.5) is 0 Å². The van der Waals surface area contributed by atoms with Crippen LogP contribution < -0.4 is 10.6 Å². The van der Waals surface area contributed by atoms with Crippen LogP contribution in [0.3, 0.4) is 0 Å². The molecule has 2 saturated carbocycles. The lowest BCUT2D eigenvalue weighted by Gasteiger charge is -2.44. The number of rotatable bonds is 12. The maximum Gasteiger partial charge on any atom is 0.307 e. The molecule has 0 bridgehead atoms. The summed E-state index contributed by atoms with van der Waals surface area (Å²) in [6.45, 7) is 10.2. The van der Waals surface area contributed by atoms with Crippen molar-refractivity contribution in [3.05, 3.63) is 0 Å². The summed E-state index contributed by atoms with van der Waals surface area (Å²) in [5.74, 6) is -1.28. The first-order valence-corrected chi connectivity index (χ1v) is 14.6. The maximum absolute atomic E-state index is 13.3. The topological polar surface area (TPSA) is 103 Å². The number of hydrogen-bond donors (Lipinski definition) is 2. The molecule has 1 aliphatic heterocycles. The third kappa shape index (κ3) is 8.16. The van der Waals surface area contributed by atoms with Gasteiger partial charge in [0.1, 0.15) is 12.2 Å². The number of ether oxygens (including phenoxy) is 3. The number of amides is 2. The van der Waals surface area contributed by atoms with Gasteiger partial charge in [0, 0.05) is 17.4 Å². The molecule has 3 fully saturated rings. The molecular formula is C29H50N2O6. The molecule has 0 aromatic carbocycles. The Morgan fingerprint density at radius 1 is 0.973 bits per heavy atom. The Morgan fingerprint density at radius 2 is 1.70 bits per heavy atom. The minimum absolute atomic E-state index is 0.0807. The van der Waals surface area contributed by atoms with Crippen LogP contribution in [0, 0.1) is 10.8 Å². The molecule has 3 rings (SSSR count). The molecule has 1 heterocycles. The first-order valence-electron chi connectivity index (χ1n) is 14.6. The van der Waals surface area contributed by atoms with E-state index < -0.39 is 17.3 Å². The number of unbranched alkanes of at least 4 members (excludes halogenated alkanes) is 3. The maximum atomic E-state index is 13.3. The van der Waals surface area contributed by atoms with E-state index in [0.717, 1.165) is 57.8 Å². The summed E-state index contributed by atoms with van der Waals surface area (Å²) in [5, 5.41) is 6.11. The van der Waals surface area contributed by atoms with Crippen LogP contribution in [-0.2, 0) is 28.6 Å². The lowest BCUT2D eigenvalue weighted by Crippen LogP contribution is -2.56. The highest BCUT2D eigenvalue weighted by molar-refractivity contribution is 5.84. The average Bonchev–Trinajstić information content (AvgIpc) is 2.81. The molecular weight excluding hydrogens is 472 g/mol. The molecule has 8 nitrogen and oxygen atoms in total. The van der Waals surface area contributed by atoms with Crippen LogP contribution in [0.25, 0.3) is 0 Å². The highest BCUT2D eigenvalue weighted by Gasteiger charge is 2.46. The van der Waals surface area contributed by atoms with Crippen LogP contribution in [0.2, 0.25) is 0 Å². The van der Waals surface area contributed by atoms with E-state index in [9.17, 15) is 14.4 Å². The molecule has 0 radical (unpaired) electrons. The highest BCUT2D eigenvalue weighted by Crippen LogP contribution is 2.46. The second-order valence-electron chi connectivity index (χ2n) is 12.6. The molecule has 3 atom stereocenters. The van der Waals surface area contributed by atoms with E-state index in [-0.39, 0.29) is 48.3 Å². The summed E-state index contributed by atoms with van der Waals surface area (Å²) in [5.41, 5.74) is -0.694. The van der Waals surface area contributed by atoms with Gasteiger partial charge < -0.3 is 24.8 Å². The second-order valence-corrected chi connectivity index (χ2v) is 12.6. The van der Waals surface area contributed by atoms with Gasteiger partial charge in [0.25, 0.3) is 0 Å². The van der Waals surface area contributed by atoms with E-state index in [1.807, 2.05) is 13.8 Å². The number of nitrogens with one attached hydrogen (secondary N) is 2. The van der Waals surface area contributed by atoms with Gasteiger partial charge in [0.2, 0.25) is 11.8 Å². The van der Waals surface area contributed by atoms with Gasteiger partial charge in [-0.25, -0.2) is 0 Å². The van der Waals surface area contributed by atoms with Crippen LogP contribution >= 0.6 is 0 Å². The summed E-state index contributed by atoms with van der Waals surface area (Å²) >= 11 is 0. The van der Waals surface area contributed by atoms with Crippen molar-refractivity contribution >= 4 is 17.8 Å². The Balaban J connectivity index is 1.45. The van der Waals surface area contributed by atoms with Crippen molar-refractivity contribution in [2.24, 2.45) is 10.8 Å². The van der Waals surface area contributed by atoms with Gasteiger partial charge in [-0.3, -0.25) is 14.4 Å². The monoisotopic (exact) mass is 522 g/mol. The minimum atomic E-state index is -0.829. The number of carbonyl (C=O) groups is 3. The Morgan fingerprint density at radius 3 is 2.38 bits per heavy atom.